The Labute approximate surface area is 161 Å². The van der Waals surface area contributed by atoms with Crippen LogP contribution in [0.25, 0.3) is 11.1 Å². The van der Waals surface area contributed by atoms with Gasteiger partial charge in [0, 0.05) is 11.1 Å². The van der Waals surface area contributed by atoms with Gasteiger partial charge in [-0.25, -0.2) is 0 Å². The molecule has 0 aliphatic rings. The molecule has 0 saturated heterocycles. The van der Waals surface area contributed by atoms with Crippen molar-refractivity contribution in [3.05, 3.63) is 36.4 Å². The second-order valence-corrected chi connectivity index (χ2v) is 11.7. The molecule has 26 heavy (non-hydrogen) atoms. The molecule has 0 heterocycles. The Balaban J connectivity index is 2.86. The molecule has 0 amide bonds. The summed E-state index contributed by atoms with van der Waals surface area (Å²) in [5, 5.41) is 2.88. The molecule has 0 bridgehead atoms. The lowest BCUT2D eigenvalue weighted by Gasteiger charge is -2.26. The smallest absolute Gasteiger partial charge is 0.127 e. The number of rotatable bonds is 9. The molecule has 0 N–H and O–H groups in total. The van der Waals surface area contributed by atoms with Gasteiger partial charge in [-0.3, -0.25) is 0 Å². The zero-order valence-corrected chi connectivity index (χ0v) is 18.8. The van der Waals surface area contributed by atoms with E-state index in [9.17, 15) is 0 Å². The lowest BCUT2D eigenvalue weighted by Crippen LogP contribution is -2.16. The SMILES string of the molecule is CCP(CC)c1cccc(OC)c1-c1c(OC)cccc1P(CC)CC. The summed E-state index contributed by atoms with van der Waals surface area (Å²) >= 11 is 0. The third-order valence-electron chi connectivity index (χ3n) is 4.91. The molecular formula is C22H32O2P2. The van der Waals surface area contributed by atoms with Gasteiger partial charge in [0.25, 0.3) is 0 Å². The largest absolute Gasteiger partial charge is 0.496 e. The van der Waals surface area contributed by atoms with Crippen LogP contribution in [0.1, 0.15) is 27.7 Å². The predicted molar refractivity (Wildman–Crippen MR) is 120 cm³/mol. The van der Waals surface area contributed by atoms with Gasteiger partial charge in [-0.2, -0.15) is 0 Å². The minimum Gasteiger partial charge on any atom is -0.496 e. The van der Waals surface area contributed by atoms with Crippen LogP contribution < -0.4 is 20.1 Å². The molecule has 0 aromatic heterocycles. The molecule has 0 saturated carbocycles. The van der Waals surface area contributed by atoms with Crippen LogP contribution in [0.15, 0.2) is 36.4 Å². The molecule has 0 atom stereocenters. The highest BCUT2D eigenvalue weighted by atomic mass is 31.1. The van der Waals surface area contributed by atoms with Crippen LogP contribution in [-0.2, 0) is 0 Å². The van der Waals surface area contributed by atoms with Gasteiger partial charge in [0.15, 0.2) is 0 Å². The van der Waals surface area contributed by atoms with Crippen molar-refractivity contribution in [2.24, 2.45) is 0 Å². The molecule has 0 radical (unpaired) electrons. The number of ether oxygens (including phenoxy) is 2. The van der Waals surface area contributed by atoms with Crippen molar-refractivity contribution >= 4 is 26.5 Å². The normalized spacial score (nSPS) is 11.2. The van der Waals surface area contributed by atoms with Crippen molar-refractivity contribution in [1.82, 2.24) is 0 Å². The van der Waals surface area contributed by atoms with Crippen LogP contribution in [0.3, 0.4) is 0 Å². The summed E-state index contributed by atoms with van der Waals surface area (Å²) in [6, 6.07) is 13.0. The molecule has 2 aromatic carbocycles. The Morgan fingerprint density at radius 2 is 0.962 bits per heavy atom. The van der Waals surface area contributed by atoms with E-state index in [-0.39, 0.29) is 15.8 Å². The Kier molecular flexibility index (Phi) is 8.39. The van der Waals surface area contributed by atoms with Gasteiger partial charge in [-0.15, -0.1) is 0 Å². The Bertz CT molecular complexity index is 646. The van der Waals surface area contributed by atoms with Crippen molar-refractivity contribution in [2.75, 3.05) is 38.9 Å². The van der Waals surface area contributed by atoms with Gasteiger partial charge in [-0.05, 0) is 47.4 Å². The van der Waals surface area contributed by atoms with Crippen LogP contribution in [0, 0.1) is 0 Å². The van der Waals surface area contributed by atoms with Crippen LogP contribution in [0.5, 0.6) is 11.5 Å². The standard InChI is InChI=1S/C22H32O2P2/c1-7-25(8-2)19-15-11-13-17(23-5)21(19)22-18(24-6)14-12-16-20(22)26(9-3)10-4/h11-16H,7-10H2,1-6H3. The van der Waals surface area contributed by atoms with Gasteiger partial charge in [0.05, 0.1) is 14.2 Å². The van der Waals surface area contributed by atoms with Crippen molar-refractivity contribution in [2.45, 2.75) is 27.7 Å². The molecule has 2 aromatic rings. The second-order valence-electron chi connectivity index (χ2n) is 6.05. The Morgan fingerprint density at radius 3 is 1.23 bits per heavy atom. The van der Waals surface area contributed by atoms with Crippen molar-refractivity contribution in [3.63, 3.8) is 0 Å². The van der Waals surface area contributed by atoms with Gasteiger partial charge in [-0.1, -0.05) is 67.8 Å². The van der Waals surface area contributed by atoms with Gasteiger partial charge >= 0.3 is 0 Å². The van der Waals surface area contributed by atoms with E-state index >= 15 is 0 Å². The summed E-state index contributed by atoms with van der Waals surface area (Å²) in [7, 11) is 3.15. The van der Waals surface area contributed by atoms with E-state index in [0.29, 0.717) is 0 Å². The summed E-state index contributed by atoms with van der Waals surface area (Å²) in [5.74, 6) is 1.93. The molecule has 4 heteroatoms. The van der Waals surface area contributed by atoms with E-state index in [1.54, 1.807) is 14.2 Å². The number of hydrogen-bond acceptors (Lipinski definition) is 2. The first-order chi connectivity index (χ1) is 12.7. The number of methoxy groups -OCH3 is 2. The van der Waals surface area contributed by atoms with E-state index in [1.807, 2.05) is 0 Å². The van der Waals surface area contributed by atoms with Crippen molar-refractivity contribution in [1.29, 1.82) is 0 Å². The van der Waals surface area contributed by atoms with Gasteiger partial charge in [0.2, 0.25) is 0 Å². The average Bonchev–Trinajstić information content (AvgIpc) is 2.69. The Hall–Kier alpha value is -1.10. The summed E-state index contributed by atoms with van der Waals surface area (Å²) in [6.07, 6.45) is 4.75. The van der Waals surface area contributed by atoms with E-state index in [1.165, 1.54) is 46.4 Å². The van der Waals surface area contributed by atoms with Crippen molar-refractivity contribution in [3.8, 4) is 22.6 Å². The third-order valence-corrected chi connectivity index (χ3v) is 10.1. The highest BCUT2D eigenvalue weighted by Crippen LogP contribution is 2.47. The number of hydrogen-bond donors (Lipinski definition) is 0. The third kappa shape index (κ3) is 4.24. The first-order valence-electron chi connectivity index (χ1n) is 9.50. The summed E-state index contributed by atoms with van der Waals surface area (Å²) in [6.45, 7) is 9.19. The topological polar surface area (TPSA) is 18.5 Å². The molecule has 142 valence electrons. The zero-order valence-electron chi connectivity index (χ0n) is 17.0. The molecule has 0 aliphatic carbocycles. The maximum atomic E-state index is 5.84. The minimum atomic E-state index is -0.204. The number of benzene rings is 2. The van der Waals surface area contributed by atoms with Gasteiger partial charge < -0.3 is 9.47 Å². The fraction of sp³-hybridized carbons (Fsp3) is 0.455. The quantitative estimate of drug-likeness (QED) is 0.514. The van der Waals surface area contributed by atoms with Crippen LogP contribution in [0.2, 0.25) is 0 Å². The summed E-state index contributed by atoms with van der Waals surface area (Å²) < 4.78 is 11.7. The molecule has 0 unspecified atom stereocenters. The summed E-state index contributed by atoms with van der Waals surface area (Å²) in [5.41, 5.74) is 2.51. The average molecular weight is 390 g/mol. The molecular weight excluding hydrogens is 358 g/mol. The first kappa shape index (κ1) is 21.2. The highest BCUT2D eigenvalue weighted by Gasteiger charge is 2.24. The summed E-state index contributed by atoms with van der Waals surface area (Å²) in [4.78, 5) is 0. The molecule has 0 aliphatic heterocycles. The Morgan fingerprint density at radius 1 is 0.615 bits per heavy atom. The minimum absolute atomic E-state index is 0.204. The van der Waals surface area contributed by atoms with Crippen molar-refractivity contribution < 1.29 is 9.47 Å². The molecule has 2 rings (SSSR count). The van der Waals surface area contributed by atoms with E-state index in [2.05, 4.69) is 64.1 Å². The predicted octanol–water partition coefficient (Wildman–Crippen LogP) is 5.66. The fourth-order valence-electron chi connectivity index (χ4n) is 3.54. The van der Waals surface area contributed by atoms with Crippen LogP contribution in [-0.4, -0.2) is 38.9 Å². The maximum Gasteiger partial charge on any atom is 0.127 e. The van der Waals surface area contributed by atoms with E-state index in [4.69, 9.17) is 9.47 Å². The van der Waals surface area contributed by atoms with Gasteiger partial charge in [0.1, 0.15) is 11.5 Å². The fourth-order valence-corrected chi connectivity index (χ4v) is 7.46. The monoisotopic (exact) mass is 390 g/mol. The molecule has 0 fully saturated rings. The maximum absolute atomic E-state index is 5.84. The molecule has 0 spiro atoms. The van der Waals surface area contributed by atoms with E-state index in [0.717, 1.165) is 11.5 Å². The zero-order chi connectivity index (χ0) is 19.1. The van der Waals surface area contributed by atoms with Crippen LogP contribution in [0.4, 0.5) is 0 Å². The lowest BCUT2D eigenvalue weighted by atomic mass is 10.0. The lowest BCUT2D eigenvalue weighted by molar-refractivity contribution is 0.411. The van der Waals surface area contributed by atoms with E-state index < -0.39 is 0 Å². The second kappa shape index (κ2) is 10.3. The molecule has 2 nitrogen and oxygen atoms in total. The first-order valence-corrected chi connectivity index (χ1v) is 12.9. The highest BCUT2D eigenvalue weighted by molar-refractivity contribution is 7.66. The van der Waals surface area contributed by atoms with Crippen LogP contribution >= 0.6 is 15.8 Å².